The van der Waals surface area contributed by atoms with Gasteiger partial charge in [-0.25, -0.2) is 9.97 Å². The SMILES string of the molecule is CNc1cc(NCCCn2cccn2)ncn1. The summed E-state index contributed by atoms with van der Waals surface area (Å²) in [6.45, 7) is 1.77. The van der Waals surface area contributed by atoms with E-state index in [4.69, 9.17) is 0 Å². The maximum Gasteiger partial charge on any atom is 0.131 e. The summed E-state index contributed by atoms with van der Waals surface area (Å²) < 4.78 is 1.92. The smallest absolute Gasteiger partial charge is 0.131 e. The standard InChI is InChI=1S/C11H16N6/c1-12-10-8-11(15-9-14-10)13-4-2-6-17-7-3-5-16-17/h3,5,7-9H,2,4,6H2,1H3,(H2,12,13,14,15). The van der Waals surface area contributed by atoms with Gasteiger partial charge in [-0.3, -0.25) is 4.68 Å². The molecule has 0 bridgehead atoms. The molecule has 0 spiro atoms. The normalized spacial score (nSPS) is 10.2. The van der Waals surface area contributed by atoms with E-state index in [0.717, 1.165) is 31.1 Å². The summed E-state index contributed by atoms with van der Waals surface area (Å²) >= 11 is 0. The molecule has 6 heteroatoms. The summed E-state index contributed by atoms with van der Waals surface area (Å²) in [6.07, 6.45) is 6.29. The number of nitrogens with zero attached hydrogens (tertiary/aromatic N) is 4. The third-order valence-electron chi connectivity index (χ3n) is 2.35. The van der Waals surface area contributed by atoms with Crippen LogP contribution in [-0.4, -0.2) is 33.3 Å². The zero-order chi connectivity index (χ0) is 11.9. The molecule has 17 heavy (non-hydrogen) atoms. The van der Waals surface area contributed by atoms with Gasteiger partial charge in [-0.1, -0.05) is 0 Å². The van der Waals surface area contributed by atoms with Crippen molar-refractivity contribution in [3.63, 3.8) is 0 Å². The van der Waals surface area contributed by atoms with Crippen molar-refractivity contribution in [1.29, 1.82) is 0 Å². The molecular formula is C11H16N6. The van der Waals surface area contributed by atoms with Gasteiger partial charge in [0.05, 0.1) is 0 Å². The topological polar surface area (TPSA) is 67.7 Å². The Hall–Kier alpha value is -2.11. The van der Waals surface area contributed by atoms with Crippen molar-refractivity contribution < 1.29 is 0 Å². The lowest BCUT2D eigenvalue weighted by Gasteiger charge is -2.06. The molecule has 2 rings (SSSR count). The van der Waals surface area contributed by atoms with Crippen molar-refractivity contribution in [2.75, 3.05) is 24.2 Å². The average molecular weight is 232 g/mol. The van der Waals surface area contributed by atoms with Gasteiger partial charge < -0.3 is 10.6 Å². The molecule has 2 N–H and O–H groups in total. The number of rotatable bonds is 6. The molecule has 0 aliphatic carbocycles. The Morgan fingerprint density at radius 1 is 1.29 bits per heavy atom. The number of nitrogens with one attached hydrogen (secondary N) is 2. The molecule has 0 unspecified atom stereocenters. The molecule has 0 aliphatic heterocycles. The number of hydrogen-bond acceptors (Lipinski definition) is 5. The summed E-state index contributed by atoms with van der Waals surface area (Å²) in [4.78, 5) is 8.19. The van der Waals surface area contributed by atoms with Crippen molar-refractivity contribution in [3.05, 3.63) is 30.9 Å². The minimum absolute atomic E-state index is 0.814. The Labute approximate surface area is 100 Å². The highest BCUT2D eigenvalue weighted by Gasteiger charge is 1.96. The quantitative estimate of drug-likeness (QED) is 0.733. The number of aromatic nitrogens is 4. The maximum absolute atomic E-state index is 4.14. The van der Waals surface area contributed by atoms with E-state index in [9.17, 15) is 0 Å². The monoisotopic (exact) mass is 232 g/mol. The van der Waals surface area contributed by atoms with Gasteiger partial charge >= 0.3 is 0 Å². The maximum atomic E-state index is 4.14. The Morgan fingerprint density at radius 3 is 2.94 bits per heavy atom. The second-order valence-corrected chi connectivity index (χ2v) is 3.59. The molecular weight excluding hydrogens is 216 g/mol. The number of aryl methyl sites for hydroxylation is 1. The van der Waals surface area contributed by atoms with Crippen LogP contribution in [-0.2, 0) is 6.54 Å². The Kier molecular flexibility index (Phi) is 3.90. The second kappa shape index (κ2) is 5.83. The summed E-state index contributed by atoms with van der Waals surface area (Å²) in [7, 11) is 1.84. The molecule has 0 radical (unpaired) electrons. The van der Waals surface area contributed by atoms with E-state index in [-0.39, 0.29) is 0 Å². The predicted octanol–water partition coefficient (Wildman–Crippen LogP) is 1.22. The predicted molar refractivity (Wildman–Crippen MR) is 66.9 cm³/mol. The van der Waals surface area contributed by atoms with Crippen LogP contribution in [0.5, 0.6) is 0 Å². The van der Waals surface area contributed by atoms with Crippen LogP contribution in [0, 0.1) is 0 Å². The van der Waals surface area contributed by atoms with E-state index in [1.54, 1.807) is 12.5 Å². The molecule has 0 aliphatic rings. The first kappa shape index (κ1) is 11.4. The van der Waals surface area contributed by atoms with Gasteiger partial charge in [-0.2, -0.15) is 5.10 Å². The van der Waals surface area contributed by atoms with Gasteiger partial charge in [0.15, 0.2) is 0 Å². The van der Waals surface area contributed by atoms with Gasteiger partial charge in [-0.15, -0.1) is 0 Å². The number of hydrogen-bond donors (Lipinski definition) is 2. The van der Waals surface area contributed by atoms with E-state index in [1.807, 2.05) is 30.1 Å². The molecule has 2 aromatic heterocycles. The molecule has 2 heterocycles. The van der Waals surface area contributed by atoms with Crippen molar-refractivity contribution in [2.45, 2.75) is 13.0 Å². The summed E-state index contributed by atoms with van der Waals surface area (Å²) in [5.74, 6) is 1.65. The van der Waals surface area contributed by atoms with Crippen LogP contribution < -0.4 is 10.6 Å². The fourth-order valence-electron chi connectivity index (χ4n) is 1.48. The molecule has 0 aromatic carbocycles. The van der Waals surface area contributed by atoms with Gasteiger partial charge in [0, 0.05) is 38.6 Å². The summed E-state index contributed by atoms with van der Waals surface area (Å²) in [5, 5.41) is 10.4. The molecule has 2 aromatic rings. The molecule has 6 nitrogen and oxygen atoms in total. The van der Waals surface area contributed by atoms with Crippen LogP contribution in [0.15, 0.2) is 30.9 Å². The highest BCUT2D eigenvalue weighted by Crippen LogP contribution is 2.07. The fourth-order valence-corrected chi connectivity index (χ4v) is 1.48. The van der Waals surface area contributed by atoms with E-state index >= 15 is 0 Å². The lowest BCUT2D eigenvalue weighted by atomic mass is 10.4. The molecule has 0 amide bonds. The van der Waals surface area contributed by atoms with Gasteiger partial charge in [0.25, 0.3) is 0 Å². The lowest BCUT2D eigenvalue weighted by molar-refractivity contribution is 0.591. The van der Waals surface area contributed by atoms with Crippen molar-refractivity contribution in [3.8, 4) is 0 Å². The van der Waals surface area contributed by atoms with E-state index < -0.39 is 0 Å². The lowest BCUT2D eigenvalue weighted by Crippen LogP contribution is -2.08. The van der Waals surface area contributed by atoms with Crippen LogP contribution in [0.3, 0.4) is 0 Å². The van der Waals surface area contributed by atoms with Gasteiger partial charge in [-0.05, 0) is 12.5 Å². The van der Waals surface area contributed by atoms with Crippen LogP contribution in [0.25, 0.3) is 0 Å². The highest BCUT2D eigenvalue weighted by molar-refractivity contribution is 5.45. The Morgan fingerprint density at radius 2 is 2.18 bits per heavy atom. The zero-order valence-electron chi connectivity index (χ0n) is 9.80. The van der Waals surface area contributed by atoms with Crippen LogP contribution in [0.2, 0.25) is 0 Å². The zero-order valence-corrected chi connectivity index (χ0v) is 9.80. The minimum atomic E-state index is 0.814. The first-order valence-corrected chi connectivity index (χ1v) is 5.59. The summed E-state index contributed by atoms with van der Waals surface area (Å²) in [5.41, 5.74) is 0. The van der Waals surface area contributed by atoms with Crippen LogP contribution >= 0.6 is 0 Å². The van der Waals surface area contributed by atoms with Crippen molar-refractivity contribution in [1.82, 2.24) is 19.7 Å². The van der Waals surface area contributed by atoms with Crippen LogP contribution in [0.1, 0.15) is 6.42 Å². The third-order valence-corrected chi connectivity index (χ3v) is 2.35. The molecule has 0 saturated heterocycles. The molecule has 0 atom stereocenters. The molecule has 0 fully saturated rings. The van der Waals surface area contributed by atoms with Crippen molar-refractivity contribution >= 4 is 11.6 Å². The Balaban J connectivity index is 1.74. The number of anilines is 2. The van der Waals surface area contributed by atoms with E-state index in [0.29, 0.717) is 0 Å². The third kappa shape index (κ3) is 3.44. The Bertz CT molecular complexity index is 439. The van der Waals surface area contributed by atoms with Gasteiger partial charge in [0.2, 0.25) is 0 Å². The average Bonchev–Trinajstić information content (AvgIpc) is 2.88. The first-order chi connectivity index (χ1) is 8.38. The van der Waals surface area contributed by atoms with Crippen LogP contribution in [0.4, 0.5) is 11.6 Å². The highest BCUT2D eigenvalue weighted by atomic mass is 15.3. The molecule has 0 saturated carbocycles. The summed E-state index contributed by atoms with van der Waals surface area (Å²) in [6, 6.07) is 3.81. The molecule has 90 valence electrons. The minimum Gasteiger partial charge on any atom is -0.373 e. The van der Waals surface area contributed by atoms with E-state index in [2.05, 4.69) is 25.7 Å². The largest absolute Gasteiger partial charge is 0.373 e. The van der Waals surface area contributed by atoms with Gasteiger partial charge in [0.1, 0.15) is 18.0 Å². The second-order valence-electron chi connectivity index (χ2n) is 3.59. The van der Waals surface area contributed by atoms with Crippen molar-refractivity contribution in [2.24, 2.45) is 0 Å². The first-order valence-electron chi connectivity index (χ1n) is 5.59. The van der Waals surface area contributed by atoms with E-state index in [1.165, 1.54) is 0 Å². The fraction of sp³-hybridized carbons (Fsp3) is 0.364.